The Morgan fingerprint density at radius 3 is 1.77 bits per heavy atom. The molecule has 0 saturated heterocycles. The molecule has 8 atom stereocenters. The minimum atomic E-state index is -2.15. The summed E-state index contributed by atoms with van der Waals surface area (Å²) >= 11 is 13.8. The van der Waals surface area contributed by atoms with Crippen LogP contribution in [0.25, 0.3) is 0 Å². The summed E-state index contributed by atoms with van der Waals surface area (Å²) in [5.41, 5.74) is 11.6. The highest BCUT2D eigenvalue weighted by Crippen LogP contribution is 2.47. The summed E-state index contributed by atoms with van der Waals surface area (Å²) in [6.07, 6.45) is -0.383. The maximum absolute atomic E-state index is 15.7. The minimum Gasteiger partial charge on any atom is -0.508 e. The fraction of sp³-hybridized carbons (Fsp3) is 0.246. The van der Waals surface area contributed by atoms with E-state index >= 15 is 19.2 Å². The molecular formula is C65H64Cl2N10O17. The number of phenolic OH excluding ortho intramolecular Hbond substituents is 6. The molecule has 27 nitrogen and oxygen atoms in total. The van der Waals surface area contributed by atoms with Gasteiger partial charge in [0.15, 0.2) is 23.0 Å². The van der Waals surface area contributed by atoms with Crippen molar-refractivity contribution in [1.29, 1.82) is 0 Å². The van der Waals surface area contributed by atoms with E-state index in [9.17, 15) is 50.1 Å². The highest BCUT2D eigenvalue weighted by atomic mass is 35.5. The van der Waals surface area contributed by atoms with E-state index in [2.05, 4.69) is 42.5 Å². The van der Waals surface area contributed by atoms with Gasteiger partial charge in [-0.3, -0.25) is 33.6 Å². The fourth-order valence-electron chi connectivity index (χ4n) is 10.7. The molecule has 7 aromatic rings. The Morgan fingerprint density at radius 2 is 1.11 bits per heavy atom. The number of phenols is 6. The molecule has 94 heavy (non-hydrogen) atoms. The third kappa shape index (κ3) is 15.5. The van der Waals surface area contributed by atoms with Gasteiger partial charge in [0.2, 0.25) is 47.1 Å². The van der Waals surface area contributed by atoms with Gasteiger partial charge in [0, 0.05) is 25.1 Å². The van der Waals surface area contributed by atoms with Crippen molar-refractivity contribution in [3.05, 3.63) is 176 Å². The number of aromatic hydroxyl groups is 6. The van der Waals surface area contributed by atoms with Crippen molar-refractivity contribution in [3.8, 4) is 69.0 Å². The van der Waals surface area contributed by atoms with Crippen molar-refractivity contribution in [2.45, 2.75) is 74.1 Å². The van der Waals surface area contributed by atoms with Crippen LogP contribution < -0.4 is 68.2 Å². The van der Waals surface area contributed by atoms with Gasteiger partial charge < -0.3 is 104 Å². The van der Waals surface area contributed by atoms with E-state index < -0.39 is 130 Å². The number of fused-ring (bicyclic) bond motifs is 15. The van der Waals surface area contributed by atoms with Gasteiger partial charge in [0.25, 0.3) is 0 Å². The standard InChI is InChI=1S/C65H64Cl2N10O17/c66-42-18-30-4-12-46(42)93-49-26-36-27-50(58(49)84)94-47-13-8-33(24-43(47)67)57(83)56(65(91)75-53(34-20-38(79)28-39(80)21-34)61(87)71-17-3-16-70-15-2-1-14-68)77-62(88)52(31-5-9-37(78)10-6-31)74-64(90)55(36)76-63(89)54-35-22-40(81)29-41(23-35)92-48-25-32(7-11-45(48)82)51(69)60(86)72-44(19-30)59(85)73-54/h4-13,18,20-29,44,51-57,70,78-84H,1-3,14-17,19,68-69H2,(H,71,87)(H,72,86)(H,73,85)(H,74,90)(H,75,91)(H,76,89)(H,77,88)/t44-,51-,52-,53+,54+,55-,56+,57-/m1/s1. The zero-order valence-electron chi connectivity index (χ0n) is 49.5. The topological polar surface area (TPSA) is 437 Å². The first-order valence-corrected chi connectivity index (χ1v) is 30.2. The first kappa shape index (κ1) is 66.4. The molecule has 0 aliphatic carbocycles. The van der Waals surface area contributed by atoms with Gasteiger partial charge in [-0.05, 0) is 163 Å². The maximum atomic E-state index is 15.7. The second kappa shape index (κ2) is 29.0. The lowest BCUT2D eigenvalue weighted by molar-refractivity contribution is -0.137. The van der Waals surface area contributed by atoms with Gasteiger partial charge in [-0.1, -0.05) is 53.5 Å². The van der Waals surface area contributed by atoms with Crippen molar-refractivity contribution in [2.24, 2.45) is 11.5 Å². The van der Waals surface area contributed by atoms with Crippen LogP contribution >= 0.6 is 23.2 Å². The number of aliphatic hydroxyl groups is 1. The van der Waals surface area contributed by atoms with Gasteiger partial charge in [-0.2, -0.15) is 0 Å². The number of halogens is 2. The summed E-state index contributed by atoms with van der Waals surface area (Å²) in [7, 11) is 0. The van der Waals surface area contributed by atoms with Crippen LogP contribution in [0.4, 0.5) is 0 Å². The van der Waals surface area contributed by atoms with Crippen LogP contribution in [0.15, 0.2) is 127 Å². The number of carbonyl (C=O) groups is 7. The number of hydrogen-bond donors (Lipinski definition) is 17. The van der Waals surface area contributed by atoms with Crippen LogP contribution in [0.2, 0.25) is 10.0 Å². The quantitative estimate of drug-likeness (QED) is 0.0692. The molecule has 7 aromatic carbocycles. The summed E-state index contributed by atoms with van der Waals surface area (Å²) in [5.74, 6) is -12.7. The molecule has 0 fully saturated rings. The largest absolute Gasteiger partial charge is 0.508 e. The van der Waals surface area contributed by atoms with E-state index in [1.807, 2.05) is 0 Å². The number of amides is 7. The molecule has 5 aliphatic rings. The van der Waals surface area contributed by atoms with Crippen molar-refractivity contribution in [3.63, 3.8) is 0 Å². The second-order valence-corrected chi connectivity index (χ2v) is 23.1. The second-order valence-electron chi connectivity index (χ2n) is 22.3. The molecule has 0 spiro atoms. The van der Waals surface area contributed by atoms with E-state index in [4.69, 9.17) is 48.9 Å². The molecule has 19 N–H and O–H groups in total. The van der Waals surface area contributed by atoms with Crippen LogP contribution in [0.5, 0.6) is 69.0 Å². The molecule has 7 amide bonds. The number of aliphatic hydroxyl groups excluding tert-OH is 1. The number of ether oxygens (including phenoxy) is 3. The Kier molecular flexibility index (Phi) is 20.4. The summed E-state index contributed by atoms with van der Waals surface area (Å²) in [4.78, 5) is 105. The number of hydrogen-bond acceptors (Lipinski definition) is 20. The minimum absolute atomic E-state index is 0.0706. The number of unbranched alkanes of at least 4 members (excludes halogenated alkanes) is 1. The van der Waals surface area contributed by atoms with Crippen molar-refractivity contribution in [2.75, 3.05) is 26.2 Å². The molecule has 5 heterocycles. The van der Waals surface area contributed by atoms with E-state index in [0.29, 0.717) is 31.6 Å². The predicted molar refractivity (Wildman–Crippen MR) is 337 cm³/mol. The molecule has 29 heteroatoms. The Morgan fingerprint density at radius 1 is 0.532 bits per heavy atom. The van der Waals surface area contributed by atoms with Crippen LogP contribution in [0.3, 0.4) is 0 Å². The van der Waals surface area contributed by atoms with Gasteiger partial charge in [0.1, 0.15) is 88.6 Å². The van der Waals surface area contributed by atoms with Gasteiger partial charge in [-0.25, -0.2) is 0 Å². The van der Waals surface area contributed by atoms with Crippen LogP contribution in [-0.2, 0) is 40.0 Å². The smallest absolute Gasteiger partial charge is 0.248 e. The van der Waals surface area contributed by atoms with Gasteiger partial charge in [-0.15, -0.1) is 0 Å². The first-order valence-electron chi connectivity index (χ1n) is 29.4. The summed E-state index contributed by atoms with van der Waals surface area (Å²) < 4.78 is 18.5. The normalized spacial score (nSPS) is 20.0. The number of carbonyl (C=O) groups excluding carboxylic acids is 7. The Hall–Kier alpha value is -10.6. The molecule has 0 unspecified atom stereocenters. The highest BCUT2D eigenvalue weighted by Gasteiger charge is 2.40. The summed E-state index contributed by atoms with van der Waals surface area (Å²) in [5, 5.41) is 99.4. The van der Waals surface area contributed by atoms with E-state index in [-0.39, 0.29) is 85.1 Å². The zero-order chi connectivity index (χ0) is 67.1. The van der Waals surface area contributed by atoms with Gasteiger partial charge >= 0.3 is 0 Å². The molecule has 0 aromatic heterocycles. The average Bonchev–Trinajstić information content (AvgIpc) is 0.854. The van der Waals surface area contributed by atoms with Crippen LogP contribution in [0.1, 0.15) is 94.5 Å². The predicted octanol–water partition coefficient (Wildman–Crippen LogP) is 4.75. The highest BCUT2D eigenvalue weighted by molar-refractivity contribution is 6.32. The lowest BCUT2D eigenvalue weighted by Gasteiger charge is -2.30. The Balaban J connectivity index is 1.10. The number of rotatable bonds is 13. The van der Waals surface area contributed by atoms with Crippen LogP contribution in [0, 0.1) is 0 Å². The lowest BCUT2D eigenvalue weighted by atomic mass is 9.97. The van der Waals surface area contributed by atoms with Gasteiger partial charge in [0.05, 0.1) is 10.0 Å². The molecule has 12 rings (SSSR count). The van der Waals surface area contributed by atoms with E-state index in [1.165, 1.54) is 66.7 Å². The summed E-state index contributed by atoms with van der Waals surface area (Å²) in [6, 6.07) is 12.2. The van der Waals surface area contributed by atoms with E-state index in [1.54, 1.807) is 0 Å². The van der Waals surface area contributed by atoms with Crippen LogP contribution in [-0.4, -0.2) is 115 Å². The zero-order valence-corrected chi connectivity index (χ0v) is 51.0. The third-order valence-corrected chi connectivity index (χ3v) is 16.1. The SMILES string of the molecule is NCCCCNCCCNC(=O)[C@@H](NC(=O)[C@H]1NC(=O)[C@@H](c2ccc(O)cc2)NC(=O)[C@@H]2NC(=O)[C@H]3NC(=O)[C@@H](Cc4ccc(c(Cl)c4)Oc4cc2cc(c4O)Oc2ccc(cc2Cl)[C@H]1O)NC(=O)[C@H](N)c1ccc(O)c(c1)Oc1cc(O)cc3c1)c1cc(O)cc(O)c1. The molecule has 0 saturated carbocycles. The average molecular weight is 1330 g/mol. The molecule has 13 bridgehead atoms. The van der Waals surface area contributed by atoms with Crippen molar-refractivity contribution in [1.82, 2.24) is 42.5 Å². The first-order chi connectivity index (χ1) is 45.0. The number of nitrogens with two attached hydrogens (primary N) is 2. The number of benzene rings is 7. The lowest BCUT2D eigenvalue weighted by Crippen LogP contribution is -2.55. The molecule has 0 radical (unpaired) electrons. The molecule has 5 aliphatic heterocycles. The Bertz CT molecular complexity index is 4070. The maximum Gasteiger partial charge on any atom is 0.248 e. The monoisotopic (exact) mass is 1330 g/mol. The fourth-order valence-corrected chi connectivity index (χ4v) is 11.1. The van der Waals surface area contributed by atoms with E-state index in [0.717, 1.165) is 73.5 Å². The molecular weight excluding hydrogens is 1260 g/mol. The summed E-state index contributed by atoms with van der Waals surface area (Å²) in [6.45, 7) is 1.75. The third-order valence-electron chi connectivity index (χ3n) is 15.5. The van der Waals surface area contributed by atoms with Crippen molar-refractivity contribution < 1.29 is 83.5 Å². The molecule has 490 valence electrons. The number of nitrogens with one attached hydrogen (secondary N) is 8. The van der Waals surface area contributed by atoms with Crippen molar-refractivity contribution >= 4 is 64.6 Å². The Labute approximate surface area is 545 Å².